The van der Waals surface area contributed by atoms with Crippen molar-refractivity contribution < 1.29 is 16.8 Å². The summed E-state index contributed by atoms with van der Waals surface area (Å²) in [6.07, 6.45) is 3.40. The fourth-order valence-electron chi connectivity index (χ4n) is 3.48. The fraction of sp³-hybridized carbons (Fsp3) is 0.625. The Hall–Kier alpha value is -0.960. The molecule has 8 heteroatoms. The molecule has 3 rings (SSSR count). The van der Waals surface area contributed by atoms with Crippen LogP contribution in [-0.2, 0) is 25.8 Å². The molecule has 134 valence electrons. The first-order valence-electron chi connectivity index (χ1n) is 8.40. The lowest BCUT2D eigenvalue weighted by Gasteiger charge is -2.34. The van der Waals surface area contributed by atoms with Crippen LogP contribution in [0.25, 0.3) is 0 Å². The number of hydrogen-bond acceptors (Lipinski definition) is 4. The maximum absolute atomic E-state index is 12.6. The smallest absolute Gasteiger partial charge is 0.212 e. The molecule has 0 radical (unpaired) electrons. The molecule has 1 aromatic rings. The van der Waals surface area contributed by atoms with E-state index in [1.807, 2.05) is 18.2 Å². The molecule has 1 aromatic carbocycles. The van der Waals surface area contributed by atoms with Gasteiger partial charge in [0.25, 0.3) is 0 Å². The second-order valence-corrected chi connectivity index (χ2v) is 10.7. The first-order valence-corrected chi connectivity index (χ1v) is 11.5. The lowest BCUT2D eigenvalue weighted by atomic mass is 10.2. The Morgan fingerprint density at radius 3 is 1.96 bits per heavy atom. The molecule has 24 heavy (non-hydrogen) atoms. The number of rotatable bonds is 5. The van der Waals surface area contributed by atoms with Crippen LogP contribution < -0.4 is 0 Å². The van der Waals surface area contributed by atoms with E-state index in [1.54, 1.807) is 12.1 Å². The Bertz CT molecular complexity index is 749. The molecule has 0 spiro atoms. The zero-order valence-electron chi connectivity index (χ0n) is 13.7. The quantitative estimate of drug-likeness (QED) is 0.783. The minimum absolute atomic E-state index is 0.0385. The van der Waals surface area contributed by atoms with Crippen LogP contribution in [0.15, 0.2) is 30.3 Å². The topological polar surface area (TPSA) is 74.8 Å². The molecule has 0 amide bonds. The van der Waals surface area contributed by atoms with E-state index in [0.717, 1.165) is 31.2 Å². The molecule has 1 aliphatic heterocycles. The van der Waals surface area contributed by atoms with Crippen molar-refractivity contribution in [3.05, 3.63) is 35.9 Å². The molecule has 1 heterocycles. The monoisotopic (exact) mass is 372 g/mol. The molecule has 6 nitrogen and oxygen atoms in total. The number of benzene rings is 1. The van der Waals surface area contributed by atoms with Crippen LogP contribution in [0, 0.1) is 0 Å². The molecule has 2 fully saturated rings. The summed E-state index contributed by atoms with van der Waals surface area (Å²) in [6.45, 7) is 0.988. The van der Waals surface area contributed by atoms with E-state index in [2.05, 4.69) is 0 Å². The highest BCUT2D eigenvalue weighted by Gasteiger charge is 2.37. The Morgan fingerprint density at radius 1 is 0.833 bits per heavy atom. The molecule has 0 unspecified atom stereocenters. The van der Waals surface area contributed by atoms with Gasteiger partial charge in [0.15, 0.2) is 0 Å². The molecule has 0 atom stereocenters. The third-order valence-electron chi connectivity index (χ3n) is 4.87. The number of hydrogen-bond donors (Lipinski definition) is 0. The van der Waals surface area contributed by atoms with Crippen LogP contribution in [0.4, 0.5) is 0 Å². The van der Waals surface area contributed by atoms with Crippen molar-refractivity contribution in [3.63, 3.8) is 0 Å². The summed E-state index contributed by atoms with van der Waals surface area (Å²) in [7, 11) is -6.69. The summed E-state index contributed by atoms with van der Waals surface area (Å²) in [5.41, 5.74) is 0.749. The van der Waals surface area contributed by atoms with E-state index in [0.29, 0.717) is 0 Å². The lowest BCUT2D eigenvalue weighted by Crippen LogP contribution is -2.52. The molecule has 0 bridgehead atoms. The summed E-state index contributed by atoms with van der Waals surface area (Å²) in [6, 6.07) is 9.06. The molecule has 1 saturated heterocycles. The fourth-order valence-corrected chi connectivity index (χ4v) is 7.01. The number of nitrogens with zero attached hydrogens (tertiary/aromatic N) is 2. The SMILES string of the molecule is O=S(=O)(Cc1ccccc1)N1CCN(S(=O)(=O)C2CCCC2)CC1. The van der Waals surface area contributed by atoms with E-state index in [1.165, 1.54) is 8.61 Å². The van der Waals surface area contributed by atoms with Crippen molar-refractivity contribution in [3.8, 4) is 0 Å². The minimum Gasteiger partial charge on any atom is -0.212 e. The van der Waals surface area contributed by atoms with Gasteiger partial charge < -0.3 is 0 Å². The van der Waals surface area contributed by atoms with Gasteiger partial charge in [-0.2, -0.15) is 8.61 Å². The van der Waals surface area contributed by atoms with Gasteiger partial charge in [0.05, 0.1) is 11.0 Å². The minimum atomic E-state index is -3.41. The molecular formula is C16H24N2O4S2. The normalized spacial score (nSPS) is 22.0. The van der Waals surface area contributed by atoms with Gasteiger partial charge in [-0.1, -0.05) is 43.2 Å². The van der Waals surface area contributed by atoms with Crippen molar-refractivity contribution in [2.75, 3.05) is 26.2 Å². The molecule has 1 saturated carbocycles. The summed E-state index contributed by atoms with van der Waals surface area (Å²) in [5.74, 6) is -0.0385. The Labute approximate surface area is 144 Å². The maximum Gasteiger partial charge on any atom is 0.218 e. The van der Waals surface area contributed by atoms with Crippen molar-refractivity contribution in [1.29, 1.82) is 0 Å². The van der Waals surface area contributed by atoms with Gasteiger partial charge in [0.1, 0.15) is 0 Å². The van der Waals surface area contributed by atoms with E-state index >= 15 is 0 Å². The Morgan fingerprint density at radius 2 is 1.38 bits per heavy atom. The molecule has 0 N–H and O–H groups in total. The molecule has 1 aliphatic carbocycles. The predicted molar refractivity (Wildman–Crippen MR) is 93.4 cm³/mol. The highest BCUT2D eigenvalue weighted by Crippen LogP contribution is 2.28. The van der Waals surface area contributed by atoms with Crippen molar-refractivity contribution in [2.45, 2.75) is 36.7 Å². The molecular weight excluding hydrogens is 348 g/mol. The second kappa shape index (κ2) is 7.11. The zero-order valence-corrected chi connectivity index (χ0v) is 15.3. The van der Waals surface area contributed by atoms with E-state index in [-0.39, 0.29) is 37.2 Å². The predicted octanol–water partition coefficient (Wildman–Crippen LogP) is 1.41. The first kappa shape index (κ1) is 17.8. The van der Waals surface area contributed by atoms with Gasteiger partial charge in [-0.25, -0.2) is 16.8 Å². The van der Waals surface area contributed by atoms with Gasteiger partial charge in [-0.15, -0.1) is 0 Å². The average molecular weight is 373 g/mol. The van der Waals surface area contributed by atoms with Crippen LogP contribution in [0.5, 0.6) is 0 Å². The van der Waals surface area contributed by atoms with E-state index in [4.69, 9.17) is 0 Å². The van der Waals surface area contributed by atoms with E-state index in [9.17, 15) is 16.8 Å². The van der Waals surface area contributed by atoms with Gasteiger partial charge in [-0.05, 0) is 18.4 Å². The van der Waals surface area contributed by atoms with E-state index < -0.39 is 20.0 Å². The zero-order chi connectivity index (χ0) is 17.2. The standard InChI is InChI=1S/C16H24N2O4S2/c19-23(20,14-15-6-2-1-3-7-15)17-10-12-18(13-11-17)24(21,22)16-8-4-5-9-16/h1-3,6-7,16H,4-5,8-14H2. The molecule has 0 aromatic heterocycles. The third kappa shape index (κ3) is 3.82. The Balaban J connectivity index is 1.62. The van der Waals surface area contributed by atoms with Crippen LogP contribution in [-0.4, -0.2) is 56.9 Å². The van der Waals surface area contributed by atoms with Gasteiger partial charge in [-0.3, -0.25) is 0 Å². The highest BCUT2D eigenvalue weighted by molar-refractivity contribution is 7.89. The first-order chi connectivity index (χ1) is 11.4. The lowest BCUT2D eigenvalue weighted by molar-refractivity contribution is 0.270. The third-order valence-corrected chi connectivity index (χ3v) is 9.12. The van der Waals surface area contributed by atoms with Gasteiger partial charge >= 0.3 is 0 Å². The Kier molecular flexibility index (Phi) is 5.29. The maximum atomic E-state index is 12.6. The second-order valence-electron chi connectivity index (χ2n) is 6.49. The van der Waals surface area contributed by atoms with Crippen LogP contribution >= 0.6 is 0 Å². The summed E-state index contributed by atoms with van der Waals surface area (Å²) < 4.78 is 53.1. The summed E-state index contributed by atoms with van der Waals surface area (Å²) in [5, 5.41) is -0.273. The van der Waals surface area contributed by atoms with Crippen molar-refractivity contribution in [1.82, 2.24) is 8.61 Å². The molecule has 2 aliphatic rings. The van der Waals surface area contributed by atoms with Crippen LogP contribution in [0.1, 0.15) is 31.2 Å². The largest absolute Gasteiger partial charge is 0.218 e. The summed E-state index contributed by atoms with van der Waals surface area (Å²) in [4.78, 5) is 0. The van der Waals surface area contributed by atoms with Crippen molar-refractivity contribution in [2.24, 2.45) is 0 Å². The van der Waals surface area contributed by atoms with Crippen LogP contribution in [0.2, 0.25) is 0 Å². The average Bonchev–Trinajstić information content (AvgIpc) is 3.11. The highest BCUT2D eigenvalue weighted by atomic mass is 32.2. The summed E-state index contributed by atoms with van der Waals surface area (Å²) >= 11 is 0. The number of piperazine rings is 1. The van der Waals surface area contributed by atoms with Gasteiger partial charge in [0, 0.05) is 26.2 Å². The van der Waals surface area contributed by atoms with Gasteiger partial charge in [0.2, 0.25) is 20.0 Å². The number of sulfonamides is 2. The van der Waals surface area contributed by atoms with Crippen LogP contribution in [0.3, 0.4) is 0 Å². The van der Waals surface area contributed by atoms with Crippen molar-refractivity contribution >= 4 is 20.0 Å².